The summed E-state index contributed by atoms with van der Waals surface area (Å²) < 4.78 is 10.5. The highest BCUT2D eigenvalue weighted by Crippen LogP contribution is 2.41. The maximum absolute atomic E-state index is 11.6. The molecule has 0 radical (unpaired) electrons. The zero-order valence-electron chi connectivity index (χ0n) is 10.8. The van der Waals surface area contributed by atoms with Crippen molar-refractivity contribution in [1.82, 2.24) is 0 Å². The average Bonchev–Trinajstić information content (AvgIpc) is 2.27. The molecule has 0 N–H and O–H groups in total. The SMILES string of the molecule is COc1cc(C(C)C)c(Cl)c(OC)c1C(C)=O. The predicted octanol–water partition coefficient (Wildman–Crippen LogP) is 3.68. The van der Waals surface area contributed by atoms with Gasteiger partial charge >= 0.3 is 0 Å². The largest absolute Gasteiger partial charge is 0.496 e. The zero-order chi connectivity index (χ0) is 13.2. The normalized spacial score (nSPS) is 10.5. The van der Waals surface area contributed by atoms with E-state index in [9.17, 15) is 4.79 Å². The second-order valence-electron chi connectivity index (χ2n) is 4.10. The van der Waals surface area contributed by atoms with Crippen molar-refractivity contribution >= 4 is 17.4 Å². The van der Waals surface area contributed by atoms with Crippen molar-refractivity contribution in [2.75, 3.05) is 14.2 Å². The number of hydrogen-bond acceptors (Lipinski definition) is 3. The molecule has 0 aliphatic carbocycles. The van der Waals surface area contributed by atoms with Crippen molar-refractivity contribution in [1.29, 1.82) is 0 Å². The summed E-state index contributed by atoms with van der Waals surface area (Å²) in [5.41, 5.74) is 1.30. The maximum Gasteiger partial charge on any atom is 0.167 e. The van der Waals surface area contributed by atoms with Gasteiger partial charge in [-0.05, 0) is 24.5 Å². The number of ketones is 1. The monoisotopic (exact) mass is 256 g/mol. The second-order valence-corrected chi connectivity index (χ2v) is 4.48. The van der Waals surface area contributed by atoms with Crippen LogP contribution in [0.1, 0.15) is 42.6 Å². The molecule has 0 bridgehead atoms. The number of ether oxygens (including phenoxy) is 2. The Kier molecular flexibility index (Phi) is 4.40. The molecular weight excluding hydrogens is 240 g/mol. The van der Waals surface area contributed by atoms with Crippen LogP contribution < -0.4 is 9.47 Å². The van der Waals surface area contributed by atoms with E-state index in [4.69, 9.17) is 21.1 Å². The van der Waals surface area contributed by atoms with Crippen LogP contribution in [-0.2, 0) is 0 Å². The third-order valence-corrected chi connectivity index (χ3v) is 3.00. The highest BCUT2D eigenvalue weighted by atomic mass is 35.5. The van der Waals surface area contributed by atoms with E-state index < -0.39 is 0 Å². The molecule has 1 aromatic carbocycles. The van der Waals surface area contributed by atoms with E-state index in [1.165, 1.54) is 21.1 Å². The first-order valence-electron chi connectivity index (χ1n) is 5.39. The van der Waals surface area contributed by atoms with Crippen LogP contribution in [0.15, 0.2) is 6.07 Å². The van der Waals surface area contributed by atoms with Gasteiger partial charge in [-0.2, -0.15) is 0 Å². The Labute approximate surface area is 107 Å². The number of rotatable bonds is 4. The van der Waals surface area contributed by atoms with Gasteiger partial charge in [0.15, 0.2) is 11.5 Å². The molecule has 1 rings (SSSR count). The molecule has 0 saturated heterocycles. The molecule has 0 aliphatic heterocycles. The molecule has 94 valence electrons. The summed E-state index contributed by atoms with van der Waals surface area (Å²) in [6.07, 6.45) is 0. The molecule has 0 aliphatic rings. The molecule has 0 amide bonds. The van der Waals surface area contributed by atoms with Crippen molar-refractivity contribution in [3.05, 3.63) is 22.2 Å². The Balaban J connectivity index is 3.61. The van der Waals surface area contributed by atoms with E-state index in [0.29, 0.717) is 22.1 Å². The minimum atomic E-state index is -0.129. The highest BCUT2D eigenvalue weighted by Gasteiger charge is 2.22. The Morgan fingerprint density at radius 2 is 1.88 bits per heavy atom. The van der Waals surface area contributed by atoms with E-state index in [1.807, 2.05) is 13.8 Å². The molecule has 1 aromatic rings. The van der Waals surface area contributed by atoms with Crippen LogP contribution in [0.5, 0.6) is 11.5 Å². The van der Waals surface area contributed by atoms with Crippen molar-refractivity contribution in [2.24, 2.45) is 0 Å². The lowest BCUT2D eigenvalue weighted by Crippen LogP contribution is -2.05. The first-order valence-corrected chi connectivity index (χ1v) is 5.77. The number of methoxy groups -OCH3 is 2. The summed E-state index contributed by atoms with van der Waals surface area (Å²) in [7, 11) is 3.02. The van der Waals surface area contributed by atoms with Crippen LogP contribution in [0.4, 0.5) is 0 Å². The molecule has 0 saturated carbocycles. The lowest BCUT2D eigenvalue weighted by atomic mass is 9.98. The fourth-order valence-corrected chi connectivity index (χ4v) is 2.18. The maximum atomic E-state index is 11.6. The van der Waals surface area contributed by atoms with Crippen LogP contribution in [0.2, 0.25) is 5.02 Å². The minimum absolute atomic E-state index is 0.129. The van der Waals surface area contributed by atoms with Gasteiger partial charge in [-0.3, -0.25) is 4.79 Å². The van der Waals surface area contributed by atoms with Crippen molar-refractivity contribution < 1.29 is 14.3 Å². The zero-order valence-corrected chi connectivity index (χ0v) is 11.5. The van der Waals surface area contributed by atoms with Gasteiger partial charge in [0.2, 0.25) is 0 Å². The van der Waals surface area contributed by atoms with Crippen LogP contribution in [0.25, 0.3) is 0 Å². The molecular formula is C13H17ClO3. The van der Waals surface area contributed by atoms with Gasteiger partial charge in [-0.15, -0.1) is 0 Å². The van der Waals surface area contributed by atoms with Crippen LogP contribution in [0.3, 0.4) is 0 Å². The van der Waals surface area contributed by atoms with Crippen LogP contribution in [0, 0.1) is 0 Å². The van der Waals surface area contributed by atoms with Gasteiger partial charge in [-0.25, -0.2) is 0 Å². The number of halogens is 1. The first kappa shape index (κ1) is 13.8. The number of carbonyl (C=O) groups is 1. The van der Waals surface area contributed by atoms with Crippen LogP contribution in [-0.4, -0.2) is 20.0 Å². The molecule has 17 heavy (non-hydrogen) atoms. The minimum Gasteiger partial charge on any atom is -0.496 e. The number of benzene rings is 1. The summed E-state index contributed by atoms with van der Waals surface area (Å²) in [6.45, 7) is 5.51. The summed E-state index contributed by atoms with van der Waals surface area (Å²) in [5, 5.41) is 0.480. The standard InChI is InChI=1S/C13H17ClO3/c1-7(2)9-6-10(16-4)11(8(3)15)13(17-5)12(9)14/h6-7H,1-5H3. The van der Waals surface area contributed by atoms with Gasteiger partial charge in [-0.1, -0.05) is 25.4 Å². The molecule has 0 atom stereocenters. The average molecular weight is 257 g/mol. The second kappa shape index (κ2) is 5.41. The summed E-state index contributed by atoms with van der Waals surface area (Å²) >= 11 is 6.25. The summed E-state index contributed by atoms with van der Waals surface area (Å²) in [5.74, 6) is 0.992. The van der Waals surface area contributed by atoms with E-state index in [-0.39, 0.29) is 11.7 Å². The van der Waals surface area contributed by atoms with Gasteiger partial charge in [0.25, 0.3) is 0 Å². The molecule has 4 heteroatoms. The van der Waals surface area contributed by atoms with Gasteiger partial charge < -0.3 is 9.47 Å². The summed E-state index contributed by atoms with van der Waals surface area (Å²) in [4.78, 5) is 11.6. The lowest BCUT2D eigenvalue weighted by molar-refractivity contribution is 0.101. The number of carbonyl (C=O) groups excluding carboxylic acids is 1. The van der Waals surface area contributed by atoms with Crippen molar-refractivity contribution in [3.63, 3.8) is 0 Å². The molecule has 0 fully saturated rings. The predicted molar refractivity (Wildman–Crippen MR) is 68.6 cm³/mol. The van der Waals surface area contributed by atoms with Crippen molar-refractivity contribution in [3.8, 4) is 11.5 Å². The molecule has 0 aromatic heterocycles. The van der Waals surface area contributed by atoms with Gasteiger partial charge in [0, 0.05) is 0 Å². The number of hydrogen-bond donors (Lipinski definition) is 0. The van der Waals surface area contributed by atoms with Crippen LogP contribution >= 0.6 is 11.6 Å². The quantitative estimate of drug-likeness (QED) is 0.771. The van der Waals surface area contributed by atoms with E-state index in [2.05, 4.69) is 0 Å². The van der Waals surface area contributed by atoms with E-state index in [1.54, 1.807) is 6.07 Å². The number of Topliss-reactive ketones (excluding diaryl/α,β-unsaturated/α-hetero) is 1. The fraction of sp³-hybridized carbons (Fsp3) is 0.462. The third-order valence-electron chi connectivity index (χ3n) is 2.61. The molecule has 0 heterocycles. The smallest absolute Gasteiger partial charge is 0.167 e. The Hall–Kier alpha value is -1.22. The Morgan fingerprint density at radius 3 is 2.24 bits per heavy atom. The topological polar surface area (TPSA) is 35.5 Å². The lowest BCUT2D eigenvalue weighted by Gasteiger charge is -2.17. The third kappa shape index (κ3) is 2.55. The molecule has 3 nitrogen and oxygen atoms in total. The fourth-order valence-electron chi connectivity index (χ4n) is 1.74. The van der Waals surface area contributed by atoms with Gasteiger partial charge in [0.1, 0.15) is 11.3 Å². The highest BCUT2D eigenvalue weighted by molar-refractivity contribution is 6.33. The summed E-state index contributed by atoms with van der Waals surface area (Å²) in [6, 6.07) is 1.80. The Bertz CT molecular complexity index is 439. The van der Waals surface area contributed by atoms with Crippen molar-refractivity contribution in [2.45, 2.75) is 26.7 Å². The van der Waals surface area contributed by atoms with E-state index >= 15 is 0 Å². The molecule has 0 unspecified atom stereocenters. The molecule has 0 spiro atoms. The first-order chi connectivity index (χ1) is 7.93. The Morgan fingerprint density at radius 1 is 1.29 bits per heavy atom. The van der Waals surface area contributed by atoms with E-state index in [0.717, 1.165) is 5.56 Å². The van der Waals surface area contributed by atoms with Gasteiger partial charge in [0.05, 0.1) is 19.2 Å².